The molecule has 4 aromatic carbocycles. The van der Waals surface area contributed by atoms with Crippen LogP contribution in [-0.2, 0) is 0 Å². The summed E-state index contributed by atoms with van der Waals surface area (Å²) in [6.07, 6.45) is 3.47. The Morgan fingerprint density at radius 2 is 1.14 bits per heavy atom. The molecule has 0 unspecified atom stereocenters. The van der Waals surface area contributed by atoms with Crippen LogP contribution in [0.5, 0.6) is 0 Å². The van der Waals surface area contributed by atoms with E-state index in [-0.39, 0.29) is 0 Å². The van der Waals surface area contributed by atoms with Crippen molar-refractivity contribution < 1.29 is 4.42 Å². The van der Waals surface area contributed by atoms with Crippen molar-refractivity contribution >= 4 is 21.9 Å². The highest BCUT2D eigenvalue weighted by Crippen LogP contribution is 2.32. The minimum atomic E-state index is 0.555. The summed E-state index contributed by atoms with van der Waals surface area (Å²) in [7, 11) is 0. The molecule has 7 aromatic rings. The van der Waals surface area contributed by atoms with Crippen LogP contribution in [0.1, 0.15) is 0 Å². The van der Waals surface area contributed by atoms with Crippen molar-refractivity contribution in [2.24, 2.45) is 0 Å². The van der Waals surface area contributed by atoms with Crippen molar-refractivity contribution in [3.63, 3.8) is 0 Å². The van der Waals surface area contributed by atoms with E-state index < -0.39 is 0 Å². The molecule has 0 saturated heterocycles. The second-order valence-corrected chi connectivity index (χ2v) is 8.64. The molecule has 3 heterocycles. The number of hydrogen-bond donors (Lipinski definition) is 0. The Hall–Kier alpha value is -5.23. The van der Waals surface area contributed by atoms with Gasteiger partial charge in [-0.1, -0.05) is 72.8 Å². The molecule has 37 heavy (non-hydrogen) atoms. The lowest BCUT2D eigenvalue weighted by Gasteiger charge is -2.08. The van der Waals surface area contributed by atoms with E-state index in [1.165, 1.54) is 0 Å². The van der Waals surface area contributed by atoms with E-state index in [1.807, 2.05) is 84.9 Å². The van der Waals surface area contributed by atoms with E-state index >= 15 is 0 Å². The van der Waals surface area contributed by atoms with Crippen LogP contribution in [0.2, 0.25) is 0 Å². The predicted octanol–water partition coefficient (Wildman–Crippen LogP) is 7.23. The first-order chi connectivity index (χ1) is 18.3. The molecule has 0 N–H and O–H groups in total. The highest BCUT2D eigenvalue weighted by molar-refractivity contribution is 6.04. The van der Waals surface area contributed by atoms with Gasteiger partial charge >= 0.3 is 0 Å². The molecule has 174 valence electrons. The van der Waals surface area contributed by atoms with Gasteiger partial charge in [0.2, 0.25) is 5.89 Å². The SMILES string of the molecule is c1ccc(-c2nc(-c3ccncc3)nc(-c3cccc(-c4nc5c(ccc6ccccc65)o4)c3)n2)cc1. The van der Waals surface area contributed by atoms with Gasteiger partial charge in [0, 0.05) is 40.0 Å². The monoisotopic (exact) mass is 477 g/mol. The van der Waals surface area contributed by atoms with Crippen LogP contribution in [0.25, 0.3) is 67.5 Å². The number of oxazole rings is 1. The quantitative estimate of drug-likeness (QED) is 0.266. The Morgan fingerprint density at radius 1 is 0.486 bits per heavy atom. The first kappa shape index (κ1) is 21.1. The van der Waals surface area contributed by atoms with Crippen LogP contribution in [0, 0.1) is 0 Å². The first-order valence-electron chi connectivity index (χ1n) is 11.9. The molecule has 6 nitrogen and oxygen atoms in total. The van der Waals surface area contributed by atoms with Gasteiger partial charge in [-0.3, -0.25) is 4.98 Å². The van der Waals surface area contributed by atoms with Gasteiger partial charge in [0.15, 0.2) is 23.1 Å². The summed E-state index contributed by atoms with van der Waals surface area (Å²) in [5.74, 6) is 2.32. The summed E-state index contributed by atoms with van der Waals surface area (Å²) in [4.78, 5) is 23.4. The molecule has 3 aromatic heterocycles. The van der Waals surface area contributed by atoms with Gasteiger partial charge < -0.3 is 4.42 Å². The molecule has 0 bridgehead atoms. The smallest absolute Gasteiger partial charge is 0.227 e. The van der Waals surface area contributed by atoms with Crippen molar-refractivity contribution in [3.8, 4) is 45.6 Å². The number of benzene rings is 4. The van der Waals surface area contributed by atoms with Crippen molar-refractivity contribution in [2.45, 2.75) is 0 Å². The number of nitrogens with zero attached hydrogens (tertiary/aromatic N) is 5. The van der Waals surface area contributed by atoms with E-state index in [4.69, 9.17) is 24.4 Å². The lowest BCUT2D eigenvalue weighted by Crippen LogP contribution is -2.00. The van der Waals surface area contributed by atoms with Crippen molar-refractivity contribution in [3.05, 3.63) is 116 Å². The zero-order valence-electron chi connectivity index (χ0n) is 19.6. The normalized spacial score (nSPS) is 11.2. The van der Waals surface area contributed by atoms with Gasteiger partial charge in [0.1, 0.15) is 5.52 Å². The maximum atomic E-state index is 6.17. The van der Waals surface area contributed by atoms with E-state index in [0.29, 0.717) is 23.4 Å². The van der Waals surface area contributed by atoms with Crippen LogP contribution in [0.4, 0.5) is 0 Å². The lowest BCUT2D eigenvalue weighted by molar-refractivity contribution is 0.620. The third-order valence-electron chi connectivity index (χ3n) is 6.26. The molecular formula is C31H19N5O. The van der Waals surface area contributed by atoms with Gasteiger partial charge in [-0.25, -0.2) is 19.9 Å². The molecular weight excluding hydrogens is 458 g/mol. The van der Waals surface area contributed by atoms with Crippen molar-refractivity contribution in [2.75, 3.05) is 0 Å². The number of aromatic nitrogens is 5. The second kappa shape index (κ2) is 8.77. The maximum Gasteiger partial charge on any atom is 0.227 e. The summed E-state index contributed by atoms with van der Waals surface area (Å²) >= 11 is 0. The highest BCUT2D eigenvalue weighted by Gasteiger charge is 2.15. The van der Waals surface area contributed by atoms with Crippen LogP contribution in [0.15, 0.2) is 120 Å². The second-order valence-electron chi connectivity index (χ2n) is 8.64. The average Bonchev–Trinajstić information content (AvgIpc) is 3.43. The van der Waals surface area contributed by atoms with Crippen LogP contribution in [0.3, 0.4) is 0 Å². The molecule has 6 heteroatoms. The minimum Gasteiger partial charge on any atom is -0.436 e. The molecule has 0 saturated carbocycles. The first-order valence-corrected chi connectivity index (χ1v) is 11.9. The van der Waals surface area contributed by atoms with E-state index in [0.717, 1.165) is 44.1 Å². The molecule has 0 fully saturated rings. The zero-order valence-corrected chi connectivity index (χ0v) is 19.6. The Labute approximate surface area is 212 Å². The number of pyridine rings is 1. The Balaban J connectivity index is 1.37. The summed E-state index contributed by atoms with van der Waals surface area (Å²) in [6, 6.07) is 33.9. The summed E-state index contributed by atoms with van der Waals surface area (Å²) in [5, 5.41) is 2.20. The van der Waals surface area contributed by atoms with Gasteiger partial charge in [-0.05, 0) is 35.7 Å². The lowest BCUT2D eigenvalue weighted by atomic mass is 10.1. The fraction of sp³-hybridized carbons (Fsp3) is 0. The Morgan fingerprint density at radius 3 is 1.95 bits per heavy atom. The highest BCUT2D eigenvalue weighted by atomic mass is 16.3. The number of fused-ring (bicyclic) bond motifs is 3. The molecule has 0 spiro atoms. The molecule has 0 aliphatic heterocycles. The number of rotatable bonds is 4. The van der Waals surface area contributed by atoms with Crippen LogP contribution >= 0.6 is 0 Å². The maximum absolute atomic E-state index is 6.17. The predicted molar refractivity (Wildman–Crippen MR) is 144 cm³/mol. The molecule has 0 radical (unpaired) electrons. The minimum absolute atomic E-state index is 0.555. The third-order valence-corrected chi connectivity index (χ3v) is 6.26. The van der Waals surface area contributed by atoms with Gasteiger partial charge in [0.05, 0.1) is 0 Å². The van der Waals surface area contributed by atoms with Gasteiger partial charge in [0.25, 0.3) is 0 Å². The summed E-state index contributed by atoms with van der Waals surface area (Å²) < 4.78 is 6.17. The molecule has 0 amide bonds. The van der Waals surface area contributed by atoms with Crippen LogP contribution in [-0.4, -0.2) is 24.9 Å². The molecule has 0 aliphatic rings. The van der Waals surface area contributed by atoms with Gasteiger partial charge in [-0.15, -0.1) is 0 Å². The fourth-order valence-electron chi connectivity index (χ4n) is 4.43. The van der Waals surface area contributed by atoms with E-state index in [9.17, 15) is 0 Å². The van der Waals surface area contributed by atoms with Crippen molar-refractivity contribution in [1.82, 2.24) is 24.9 Å². The standard InChI is InChI=1S/C31H19N5O/c1-2-8-21(9-3-1)28-34-29(22-15-17-32-18-16-22)36-30(35-28)23-10-6-11-24(19-23)31-33-27-25-12-5-4-7-20(25)13-14-26(27)37-31/h1-19H. The molecule has 0 aliphatic carbocycles. The van der Waals surface area contributed by atoms with E-state index in [1.54, 1.807) is 12.4 Å². The average molecular weight is 478 g/mol. The van der Waals surface area contributed by atoms with Crippen LogP contribution < -0.4 is 0 Å². The largest absolute Gasteiger partial charge is 0.436 e. The summed E-state index contributed by atoms with van der Waals surface area (Å²) in [5.41, 5.74) is 5.10. The van der Waals surface area contributed by atoms with E-state index in [2.05, 4.69) is 23.2 Å². The topological polar surface area (TPSA) is 77.6 Å². The van der Waals surface area contributed by atoms with Crippen molar-refractivity contribution in [1.29, 1.82) is 0 Å². The Bertz CT molecular complexity index is 1820. The fourth-order valence-corrected chi connectivity index (χ4v) is 4.43. The number of hydrogen-bond acceptors (Lipinski definition) is 6. The Kier molecular flexibility index (Phi) is 5.00. The molecule has 7 rings (SSSR count). The molecule has 0 atom stereocenters. The third kappa shape index (κ3) is 3.90. The van der Waals surface area contributed by atoms with Gasteiger partial charge in [-0.2, -0.15) is 0 Å². The summed E-state index contributed by atoms with van der Waals surface area (Å²) in [6.45, 7) is 0. The zero-order chi connectivity index (χ0) is 24.6.